The fraction of sp³-hybridized carbons (Fsp3) is 0.778. The molecule has 0 unspecified atom stereocenters. The number of hydrogen-bond acceptors (Lipinski definition) is 7. The van der Waals surface area contributed by atoms with Gasteiger partial charge in [-0.2, -0.15) is 0 Å². The van der Waals surface area contributed by atoms with Gasteiger partial charge in [0.15, 0.2) is 5.79 Å². The van der Waals surface area contributed by atoms with E-state index in [4.69, 9.17) is 9.47 Å². The van der Waals surface area contributed by atoms with Crippen LogP contribution in [0.1, 0.15) is 43.8 Å². The molecule has 0 amide bonds. The molecule has 2 fully saturated rings. The zero-order valence-corrected chi connectivity index (χ0v) is 17.2. The maximum Gasteiger partial charge on any atom is 0.163 e. The molecule has 1 aromatic rings. The van der Waals surface area contributed by atoms with E-state index in [-0.39, 0.29) is 29.9 Å². The monoisotopic (exact) mass is 383 g/mol. The summed E-state index contributed by atoms with van der Waals surface area (Å²) in [4.78, 5) is 8.94. The molecular weight excluding hydrogens is 354 g/mol. The third-order valence-corrected chi connectivity index (χ3v) is 6.24. The molecule has 2 aliphatic rings. The van der Waals surface area contributed by atoms with Crippen LogP contribution < -0.4 is 5.32 Å². The van der Waals surface area contributed by atoms with E-state index >= 15 is 0 Å². The van der Waals surface area contributed by atoms with Gasteiger partial charge < -0.3 is 14.8 Å². The number of rotatable bonds is 5. The number of anilines is 1. The minimum Gasteiger partial charge on any atom is -0.364 e. The third kappa shape index (κ3) is 4.18. The summed E-state index contributed by atoms with van der Waals surface area (Å²) in [5.74, 6) is 1.19. The maximum absolute atomic E-state index is 11.6. The lowest BCUT2D eigenvalue weighted by Crippen LogP contribution is -2.35. The molecule has 1 aliphatic heterocycles. The van der Waals surface area contributed by atoms with Crippen LogP contribution in [0.5, 0.6) is 0 Å². The Morgan fingerprint density at radius 1 is 1.15 bits per heavy atom. The van der Waals surface area contributed by atoms with Crippen LogP contribution in [0.2, 0.25) is 0 Å². The topological polar surface area (TPSA) is 90.4 Å². The highest BCUT2D eigenvalue weighted by molar-refractivity contribution is 7.90. The molecule has 146 valence electrons. The van der Waals surface area contributed by atoms with Gasteiger partial charge in [-0.1, -0.05) is 0 Å². The average Bonchev–Trinajstić information content (AvgIpc) is 2.96. The van der Waals surface area contributed by atoms with Gasteiger partial charge in [-0.25, -0.2) is 18.4 Å². The summed E-state index contributed by atoms with van der Waals surface area (Å²) >= 11 is 0. The van der Waals surface area contributed by atoms with Crippen molar-refractivity contribution in [3.8, 4) is 0 Å². The van der Waals surface area contributed by atoms with Crippen molar-refractivity contribution in [2.75, 3.05) is 17.3 Å². The summed E-state index contributed by atoms with van der Waals surface area (Å²) in [6.45, 7) is 9.66. The molecule has 0 aromatic carbocycles. The fourth-order valence-corrected chi connectivity index (χ4v) is 4.69. The number of hydrogen-bond donors (Lipinski definition) is 1. The third-order valence-electron chi connectivity index (χ3n) is 5.26. The maximum atomic E-state index is 11.6. The first-order valence-electron chi connectivity index (χ1n) is 9.07. The van der Waals surface area contributed by atoms with Gasteiger partial charge in [0.05, 0.1) is 17.9 Å². The molecule has 3 rings (SSSR count). The average molecular weight is 384 g/mol. The van der Waals surface area contributed by atoms with Crippen LogP contribution in [-0.2, 0) is 19.3 Å². The van der Waals surface area contributed by atoms with Crippen LogP contribution in [0.3, 0.4) is 0 Å². The number of aryl methyl sites for hydroxylation is 2. The van der Waals surface area contributed by atoms with E-state index in [2.05, 4.69) is 15.3 Å². The number of fused-ring (bicyclic) bond motifs is 1. The van der Waals surface area contributed by atoms with Gasteiger partial charge in [-0.3, -0.25) is 0 Å². The fourth-order valence-electron chi connectivity index (χ4n) is 3.96. The van der Waals surface area contributed by atoms with Crippen molar-refractivity contribution >= 4 is 15.7 Å². The summed E-state index contributed by atoms with van der Waals surface area (Å²) in [6.07, 6.45) is 2.43. The van der Waals surface area contributed by atoms with Crippen LogP contribution in [0.15, 0.2) is 0 Å². The van der Waals surface area contributed by atoms with Crippen molar-refractivity contribution in [2.45, 2.75) is 71.5 Å². The van der Waals surface area contributed by atoms with Crippen molar-refractivity contribution in [1.29, 1.82) is 0 Å². The Kier molecular flexibility index (Phi) is 5.05. The number of ether oxygens (including phenoxy) is 2. The van der Waals surface area contributed by atoms with Crippen molar-refractivity contribution in [2.24, 2.45) is 5.92 Å². The number of nitrogens with zero attached hydrogens (tertiary/aromatic N) is 2. The van der Waals surface area contributed by atoms with Crippen LogP contribution in [0, 0.1) is 26.7 Å². The molecule has 2 heterocycles. The second-order valence-corrected chi connectivity index (χ2v) is 10.3. The smallest absolute Gasteiger partial charge is 0.163 e. The molecule has 0 radical (unpaired) electrons. The summed E-state index contributed by atoms with van der Waals surface area (Å²) in [6, 6.07) is 0.0266. The van der Waals surface area contributed by atoms with Gasteiger partial charge in [0, 0.05) is 17.5 Å². The predicted molar refractivity (Wildman–Crippen MR) is 99.9 cm³/mol. The molecule has 26 heavy (non-hydrogen) atoms. The number of aromatic nitrogens is 2. The summed E-state index contributed by atoms with van der Waals surface area (Å²) in [5.41, 5.74) is 1.97. The first-order chi connectivity index (χ1) is 12.0. The largest absolute Gasteiger partial charge is 0.364 e. The zero-order chi connectivity index (χ0) is 19.3. The van der Waals surface area contributed by atoms with Gasteiger partial charge in [0.2, 0.25) is 0 Å². The van der Waals surface area contributed by atoms with Crippen molar-refractivity contribution in [3.63, 3.8) is 0 Å². The van der Waals surface area contributed by atoms with Gasteiger partial charge in [-0.15, -0.1) is 0 Å². The van der Waals surface area contributed by atoms with Crippen LogP contribution >= 0.6 is 0 Å². The van der Waals surface area contributed by atoms with E-state index in [0.29, 0.717) is 6.42 Å². The molecule has 1 N–H and O–H groups in total. The Bertz CT molecular complexity index is 794. The quantitative estimate of drug-likeness (QED) is 0.833. The van der Waals surface area contributed by atoms with Crippen LogP contribution in [-0.4, -0.2) is 54.4 Å². The Labute approximate surface area is 155 Å². The number of sulfone groups is 1. The molecule has 4 atom stereocenters. The van der Waals surface area contributed by atoms with Gasteiger partial charge in [0.1, 0.15) is 27.6 Å². The molecule has 8 heteroatoms. The molecular formula is C18H29N3O4S. The second-order valence-electron chi connectivity index (χ2n) is 8.06. The van der Waals surface area contributed by atoms with Crippen molar-refractivity contribution < 1.29 is 17.9 Å². The number of nitrogens with one attached hydrogen (secondary N) is 1. The van der Waals surface area contributed by atoms with Crippen molar-refractivity contribution in [1.82, 2.24) is 9.97 Å². The van der Waals surface area contributed by atoms with E-state index in [9.17, 15) is 8.42 Å². The molecule has 1 aromatic heterocycles. The Morgan fingerprint density at radius 3 is 2.46 bits per heavy atom. The van der Waals surface area contributed by atoms with E-state index in [1.165, 1.54) is 6.26 Å². The van der Waals surface area contributed by atoms with E-state index in [0.717, 1.165) is 29.3 Å². The highest BCUT2D eigenvalue weighted by Crippen LogP contribution is 2.44. The molecule has 1 aliphatic carbocycles. The van der Waals surface area contributed by atoms with E-state index in [1.54, 1.807) is 0 Å². The Hall–Kier alpha value is -1.25. The van der Waals surface area contributed by atoms with E-state index < -0.39 is 15.6 Å². The minimum absolute atomic E-state index is 0.0266. The van der Waals surface area contributed by atoms with Crippen LogP contribution in [0.25, 0.3) is 0 Å². The second kappa shape index (κ2) is 6.73. The lowest BCUT2D eigenvalue weighted by atomic mass is 10.0. The normalized spacial score (nSPS) is 30.4. The summed E-state index contributed by atoms with van der Waals surface area (Å²) < 4.78 is 35.4. The van der Waals surface area contributed by atoms with Gasteiger partial charge in [0.25, 0.3) is 0 Å². The lowest BCUT2D eigenvalue weighted by molar-refractivity contribution is -0.157. The predicted octanol–water partition coefficient (Wildman–Crippen LogP) is 2.16. The Balaban J connectivity index is 1.81. The van der Waals surface area contributed by atoms with Crippen molar-refractivity contribution in [3.05, 3.63) is 17.1 Å². The minimum atomic E-state index is -3.00. The van der Waals surface area contributed by atoms with Gasteiger partial charge in [-0.05, 0) is 53.4 Å². The lowest BCUT2D eigenvalue weighted by Gasteiger charge is -2.25. The Morgan fingerprint density at radius 2 is 1.81 bits per heavy atom. The first kappa shape index (κ1) is 19.5. The first-order valence-corrected chi connectivity index (χ1v) is 11.1. The standard InChI is InChI=1S/C18H29N3O4S/c1-10-11(2)19-12(3)20-17(10)21-14-9-13(7-8-26(6,22)23)15-16(14)25-18(4,5)24-15/h13-16H,7-9H2,1-6H3,(H,19,20,21)/t13-,14+,15+,16-/m0/s1. The summed E-state index contributed by atoms with van der Waals surface area (Å²) in [5, 5.41) is 3.52. The van der Waals surface area contributed by atoms with Crippen LogP contribution in [0.4, 0.5) is 5.82 Å². The molecule has 0 bridgehead atoms. The SMILES string of the molecule is Cc1nc(C)c(C)c(N[C@@H]2C[C@H](CCS(C)(=O)=O)[C@H]3OC(C)(C)O[C@H]32)n1. The highest BCUT2D eigenvalue weighted by Gasteiger charge is 2.53. The highest BCUT2D eigenvalue weighted by atomic mass is 32.2. The molecule has 0 spiro atoms. The molecule has 1 saturated carbocycles. The molecule has 7 nitrogen and oxygen atoms in total. The summed E-state index contributed by atoms with van der Waals surface area (Å²) in [7, 11) is -3.00. The molecule has 1 saturated heterocycles. The van der Waals surface area contributed by atoms with E-state index in [1.807, 2.05) is 34.6 Å². The van der Waals surface area contributed by atoms with Gasteiger partial charge >= 0.3 is 0 Å². The zero-order valence-electron chi connectivity index (χ0n) is 16.4.